The Bertz CT molecular complexity index is 1580. The summed E-state index contributed by atoms with van der Waals surface area (Å²) < 4.78 is 22.8. The molecule has 1 N–H and O–H groups in total. The van der Waals surface area contributed by atoms with Crippen LogP contribution in [0.3, 0.4) is 0 Å². The van der Waals surface area contributed by atoms with Crippen LogP contribution in [0.15, 0.2) is 97.2 Å². The van der Waals surface area contributed by atoms with Crippen LogP contribution in [0.1, 0.15) is 258 Å². The molecular formula is C68H118NO8+. The molecule has 9 heteroatoms. The molecule has 2 unspecified atom stereocenters. The summed E-state index contributed by atoms with van der Waals surface area (Å²) in [4.78, 5) is 37.3. The van der Waals surface area contributed by atoms with Crippen LogP contribution in [0.5, 0.6) is 0 Å². The Balaban J connectivity index is 3.98. The van der Waals surface area contributed by atoms with E-state index in [9.17, 15) is 19.5 Å². The molecule has 0 aliphatic carbocycles. The third-order valence-corrected chi connectivity index (χ3v) is 13.3. The molecule has 0 rings (SSSR count). The highest BCUT2D eigenvalue weighted by molar-refractivity contribution is 5.71. The molecule has 0 fully saturated rings. The number of ether oxygens (including phenoxy) is 4. The number of carbonyl (C=O) groups is 3. The number of likely N-dealkylation sites (N-methyl/N-ethyl adjacent to an activating group) is 1. The lowest BCUT2D eigenvalue weighted by molar-refractivity contribution is -0.870. The number of esters is 2. The minimum atomic E-state index is -1.53. The van der Waals surface area contributed by atoms with Crippen molar-refractivity contribution in [1.29, 1.82) is 0 Å². The number of nitrogens with zero attached hydrogens (tertiary/aromatic N) is 1. The van der Waals surface area contributed by atoms with Crippen molar-refractivity contribution in [2.45, 2.75) is 270 Å². The van der Waals surface area contributed by atoms with Crippen molar-refractivity contribution in [3.63, 3.8) is 0 Å². The Morgan fingerprint density at radius 3 is 1.09 bits per heavy atom. The molecule has 0 aromatic carbocycles. The first-order valence-electron chi connectivity index (χ1n) is 31.4. The Morgan fingerprint density at radius 1 is 0.390 bits per heavy atom. The van der Waals surface area contributed by atoms with Gasteiger partial charge >= 0.3 is 17.9 Å². The maximum absolute atomic E-state index is 12.9. The van der Waals surface area contributed by atoms with Crippen LogP contribution >= 0.6 is 0 Å². The third kappa shape index (κ3) is 59.7. The van der Waals surface area contributed by atoms with Crippen molar-refractivity contribution in [3.8, 4) is 0 Å². The number of rotatable bonds is 57. The first-order chi connectivity index (χ1) is 37.6. The fourth-order valence-electron chi connectivity index (χ4n) is 8.61. The van der Waals surface area contributed by atoms with Gasteiger partial charge in [-0.3, -0.25) is 9.59 Å². The number of hydrogen-bond acceptors (Lipinski definition) is 7. The predicted octanol–water partition coefficient (Wildman–Crippen LogP) is 18.9. The number of quaternary nitrogens is 1. The second kappa shape index (κ2) is 58.4. The largest absolute Gasteiger partial charge is 0.477 e. The summed E-state index contributed by atoms with van der Waals surface area (Å²) >= 11 is 0. The second-order valence-electron chi connectivity index (χ2n) is 22.0. The molecule has 0 aliphatic heterocycles. The lowest BCUT2D eigenvalue weighted by Gasteiger charge is -2.25. The minimum Gasteiger partial charge on any atom is -0.477 e. The van der Waals surface area contributed by atoms with Gasteiger partial charge in [0.15, 0.2) is 6.10 Å². The van der Waals surface area contributed by atoms with Crippen LogP contribution in [0.25, 0.3) is 0 Å². The topological polar surface area (TPSA) is 108 Å². The zero-order valence-corrected chi connectivity index (χ0v) is 50.3. The highest BCUT2D eigenvalue weighted by Crippen LogP contribution is 2.17. The Kier molecular flexibility index (Phi) is 55.5. The molecule has 0 bridgehead atoms. The summed E-state index contributed by atoms with van der Waals surface area (Å²) in [5.41, 5.74) is 0. The molecule has 442 valence electrons. The van der Waals surface area contributed by atoms with E-state index in [4.69, 9.17) is 18.9 Å². The number of carboxylic acid groups (broad SMARTS) is 1. The van der Waals surface area contributed by atoms with Crippen molar-refractivity contribution in [1.82, 2.24) is 0 Å². The van der Waals surface area contributed by atoms with E-state index < -0.39 is 30.3 Å². The second-order valence-corrected chi connectivity index (χ2v) is 22.0. The van der Waals surface area contributed by atoms with Crippen molar-refractivity contribution in [3.05, 3.63) is 97.2 Å². The normalized spacial score (nSPS) is 13.4. The van der Waals surface area contributed by atoms with Gasteiger partial charge in [0.05, 0.1) is 34.4 Å². The monoisotopic (exact) mass is 1080 g/mol. The van der Waals surface area contributed by atoms with E-state index in [0.29, 0.717) is 23.9 Å². The van der Waals surface area contributed by atoms with Gasteiger partial charge in [-0.05, 0) is 77.0 Å². The van der Waals surface area contributed by atoms with Crippen LogP contribution in [0.4, 0.5) is 0 Å². The van der Waals surface area contributed by atoms with Crippen molar-refractivity contribution >= 4 is 17.9 Å². The molecule has 0 aromatic rings. The van der Waals surface area contributed by atoms with Gasteiger partial charge in [-0.15, -0.1) is 0 Å². The lowest BCUT2D eigenvalue weighted by atomic mass is 10.0. The predicted molar refractivity (Wildman–Crippen MR) is 327 cm³/mol. The SMILES string of the molecule is CC/C=C\C/C=C\C/C=C\C/C=C\CCCCCCCCCCCCCCCCCCCCCCCCCCCCC(=O)OC(COC(=O)CC/C=C\C/C=C\C/C=C\C/C=C\CC)COC(OCC[N+](C)(C)C)C(=O)O. The van der Waals surface area contributed by atoms with Crippen LogP contribution in [-0.4, -0.2) is 87.4 Å². The van der Waals surface area contributed by atoms with Gasteiger partial charge in [-0.25, -0.2) is 4.79 Å². The number of unbranched alkanes of at least 4 members (excludes halogenated alkanes) is 26. The van der Waals surface area contributed by atoms with E-state index in [1.54, 1.807) is 0 Å². The van der Waals surface area contributed by atoms with E-state index in [0.717, 1.165) is 64.2 Å². The highest BCUT2D eigenvalue weighted by Gasteiger charge is 2.25. The molecule has 0 heterocycles. The molecule has 9 nitrogen and oxygen atoms in total. The maximum atomic E-state index is 12.9. The first-order valence-corrected chi connectivity index (χ1v) is 31.4. The van der Waals surface area contributed by atoms with Gasteiger partial charge < -0.3 is 28.5 Å². The average Bonchev–Trinajstić information content (AvgIpc) is 3.40. The number of carbonyl (C=O) groups excluding carboxylic acids is 2. The quantitative estimate of drug-likeness (QED) is 0.0211. The average molecular weight is 1080 g/mol. The molecule has 0 aliphatic rings. The van der Waals surface area contributed by atoms with E-state index in [1.807, 2.05) is 33.3 Å². The molecule has 0 amide bonds. The van der Waals surface area contributed by atoms with Gasteiger partial charge in [0, 0.05) is 12.8 Å². The number of allylic oxidation sites excluding steroid dienone is 16. The fourth-order valence-corrected chi connectivity index (χ4v) is 8.61. The van der Waals surface area contributed by atoms with Gasteiger partial charge in [-0.1, -0.05) is 265 Å². The van der Waals surface area contributed by atoms with E-state index in [1.165, 1.54) is 154 Å². The number of carboxylic acids is 1. The van der Waals surface area contributed by atoms with Gasteiger partial charge in [0.2, 0.25) is 0 Å². The van der Waals surface area contributed by atoms with Crippen molar-refractivity contribution in [2.24, 2.45) is 0 Å². The summed E-state index contributed by atoms with van der Waals surface area (Å²) in [5, 5.41) is 9.69. The van der Waals surface area contributed by atoms with Gasteiger partial charge in [0.1, 0.15) is 13.2 Å². The molecule has 0 spiro atoms. The number of hydrogen-bond donors (Lipinski definition) is 1. The molecule has 0 saturated heterocycles. The van der Waals surface area contributed by atoms with Gasteiger partial charge in [0.25, 0.3) is 6.29 Å². The smallest absolute Gasteiger partial charge is 0.361 e. The summed E-state index contributed by atoms with van der Waals surface area (Å²) in [6.45, 7) is 4.57. The zero-order valence-electron chi connectivity index (χ0n) is 50.3. The van der Waals surface area contributed by atoms with Crippen LogP contribution < -0.4 is 0 Å². The summed E-state index contributed by atoms with van der Waals surface area (Å²) in [5.74, 6) is -2.11. The molecule has 2 atom stereocenters. The van der Waals surface area contributed by atoms with E-state index in [-0.39, 0.29) is 32.7 Å². The Hall–Kier alpha value is -3.79. The summed E-state index contributed by atoms with van der Waals surface area (Å²) in [6.07, 6.45) is 77.0. The van der Waals surface area contributed by atoms with Crippen molar-refractivity contribution in [2.75, 3.05) is 47.5 Å². The Labute approximate surface area is 473 Å². The zero-order chi connectivity index (χ0) is 56.2. The first kappa shape index (κ1) is 73.2. The summed E-state index contributed by atoms with van der Waals surface area (Å²) in [7, 11) is 5.95. The van der Waals surface area contributed by atoms with Crippen molar-refractivity contribution < 1.29 is 42.9 Å². The van der Waals surface area contributed by atoms with E-state index >= 15 is 0 Å². The standard InChI is InChI=1S/C68H117NO8/c1-6-8-10-12-14-16-18-20-21-22-23-24-25-26-27-28-29-30-31-32-33-34-35-36-37-38-39-40-41-42-43-44-45-47-49-51-53-55-57-59-66(71)77-64(63-76-68(67(72)73)74-61-60-69(3,4)5)62-75-65(70)58-56-54-52-50-48-46-19-17-15-13-11-9-7-2/h8-11,14-17,20-21,23-24,46,48,52,54,64,68H,6-7,12-13,18-19,22,25-45,47,49-51,53,55-63H2,1-5H3/p+1/b10-8-,11-9-,16-14-,17-15-,21-20-,24-23-,48-46-,54-52-. The lowest BCUT2D eigenvalue weighted by Crippen LogP contribution is -2.40. The van der Waals surface area contributed by atoms with Crippen LogP contribution in [-0.2, 0) is 33.3 Å². The number of aliphatic carboxylic acids is 1. The van der Waals surface area contributed by atoms with Crippen LogP contribution in [0, 0.1) is 0 Å². The minimum absolute atomic E-state index is 0.175. The highest BCUT2D eigenvalue weighted by atomic mass is 16.7. The maximum Gasteiger partial charge on any atom is 0.361 e. The Morgan fingerprint density at radius 2 is 0.727 bits per heavy atom. The molecule has 77 heavy (non-hydrogen) atoms. The molecular weight excluding hydrogens is 959 g/mol. The van der Waals surface area contributed by atoms with E-state index in [2.05, 4.69) is 98.9 Å². The van der Waals surface area contributed by atoms with Gasteiger partial charge in [-0.2, -0.15) is 0 Å². The van der Waals surface area contributed by atoms with Crippen LogP contribution in [0.2, 0.25) is 0 Å². The molecule has 0 radical (unpaired) electrons. The molecule has 0 saturated carbocycles. The third-order valence-electron chi connectivity index (χ3n) is 13.3. The fraction of sp³-hybridized carbons (Fsp3) is 0.721. The molecule has 0 aromatic heterocycles. The summed E-state index contributed by atoms with van der Waals surface area (Å²) in [6, 6.07) is 0.